The Morgan fingerprint density at radius 2 is 1.75 bits per heavy atom. The van der Waals surface area contributed by atoms with Gasteiger partial charge in [-0.05, 0) is 37.1 Å². The maximum Gasteiger partial charge on any atom is 0.160 e. The van der Waals surface area contributed by atoms with Crippen molar-refractivity contribution in [2.45, 2.75) is 25.4 Å². The summed E-state index contributed by atoms with van der Waals surface area (Å²) in [5, 5.41) is 7.19. The monoisotopic (exact) mass is 441 g/mol. The highest BCUT2D eigenvalue weighted by Gasteiger charge is 2.25. The Morgan fingerprint density at radius 3 is 2.47 bits per heavy atom. The topological polar surface area (TPSA) is 119 Å². The van der Waals surface area contributed by atoms with Crippen LogP contribution in [-0.4, -0.2) is 31.2 Å². The van der Waals surface area contributed by atoms with E-state index >= 15 is 0 Å². The average Bonchev–Trinajstić information content (AvgIpc) is 3.46. The largest absolute Gasteiger partial charge is 0.326 e. The minimum atomic E-state index is -0.450. The van der Waals surface area contributed by atoms with Crippen LogP contribution in [0.4, 0.5) is 0 Å². The summed E-state index contributed by atoms with van der Waals surface area (Å²) in [6.07, 6.45) is 5.87. The first-order valence-electron chi connectivity index (χ1n) is 10.4. The van der Waals surface area contributed by atoms with Crippen LogP contribution in [-0.2, 0) is 6.42 Å². The first-order valence-corrected chi connectivity index (χ1v) is 11.2. The van der Waals surface area contributed by atoms with E-state index in [0.717, 1.165) is 43.2 Å². The molecule has 5 rings (SSSR count). The van der Waals surface area contributed by atoms with Crippen LogP contribution in [0, 0.1) is 6.92 Å². The van der Waals surface area contributed by atoms with Gasteiger partial charge in [-0.3, -0.25) is 10.1 Å². The zero-order valence-electron chi connectivity index (χ0n) is 17.6. The van der Waals surface area contributed by atoms with E-state index in [2.05, 4.69) is 34.2 Å². The Bertz CT molecular complexity index is 1330. The van der Waals surface area contributed by atoms with Gasteiger partial charge in [-0.15, -0.1) is 11.3 Å². The number of thiophene rings is 1. The van der Waals surface area contributed by atoms with E-state index in [0.29, 0.717) is 12.2 Å². The van der Waals surface area contributed by atoms with Gasteiger partial charge in [-0.2, -0.15) is 5.10 Å². The molecule has 4 aromatic heterocycles. The third-order valence-electron chi connectivity index (χ3n) is 5.54. The first-order chi connectivity index (χ1) is 15.6. The molecular formula is C24H23N7S. The molecule has 8 heteroatoms. The van der Waals surface area contributed by atoms with Crippen molar-refractivity contribution in [2.24, 2.45) is 11.5 Å². The zero-order chi connectivity index (χ0) is 22.1. The van der Waals surface area contributed by atoms with E-state index in [1.165, 1.54) is 0 Å². The number of nitrogens with one attached hydrogen (secondary N) is 1. The van der Waals surface area contributed by atoms with Crippen molar-refractivity contribution < 1.29 is 0 Å². The van der Waals surface area contributed by atoms with E-state index in [1.807, 2.05) is 36.4 Å². The quantitative estimate of drug-likeness (QED) is 0.366. The van der Waals surface area contributed by atoms with Gasteiger partial charge in [0.1, 0.15) is 0 Å². The van der Waals surface area contributed by atoms with E-state index in [1.54, 1.807) is 29.9 Å². The predicted octanol–water partition coefficient (Wildman–Crippen LogP) is 4.02. The van der Waals surface area contributed by atoms with Gasteiger partial charge in [-0.1, -0.05) is 30.3 Å². The third kappa shape index (κ3) is 3.80. The molecule has 0 aliphatic rings. The summed E-state index contributed by atoms with van der Waals surface area (Å²) in [6, 6.07) is 15.2. The predicted molar refractivity (Wildman–Crippen MR) is 128 cm³/mol. The van der Waals surface area contributed by atoms with Crippen molar-refractivity contribution in [3.63, 3.8) is 0 Å². The lowest BCUT2D eigenvalue weighted by molar-refractivity contribution is 0.537. The van der Waals surface area contributed by atoms with E-state index in [9.17, 15) is 0 Å². The zero-order valence-corrected chi connectivity index (χ0v) is 18.4. The molecule has 5 N–H and O–H groups in total. The lowest BCUT2D eigenvalue weighted by atomic mass is 9.97. The van der Waals surface area contributed by atoms with Crippen molar-refractivity contribution in [2.75, 3.05) is 0 Å². The second-order valence-corrected chi connectivity index (χ2v) is 8.95. The van der Waals surface area contributed by atoms with E-state index < -0.39 is 6.04 Å². The summed E-state index contributed by atoms with van der Waals surface area (Å²) in [7, 11) is 0. The van der Waals surface area contributed by atoms with Crippen molar-refractivity contribution >= 4 is 21.6 Å². The van der Waals surface area contributed by atoms with Crippen molar-refractivity contribution in [1.29, 1.82) is 0 Å². The minimum Gasteiger partial charge on any atom is -0.326 e. The van der Waals surface area contributed by atoms with Gasteiger partial charge in [0.2, 0.25) is 0 Å². The van der Waals surface area contributed by atoms with Crippen LogP contribution in [0.2, 0.25) is 0 Å². The molecule has 0 saturated carbocycles. The normalized spacial score (nSPS) is 13.3. The molecule has 0 fully saturated rings. The molecule has 0 radical (unpaired) electrons. The lowest BCUT2D eigenvalue weighted by Gasteiger charge is -2.21. The molecule has 0 amide bonds. The highest BCUT2D eigenvalue weighted by molar-refractivity contribution is 7.19. The molecule has 0 saturated heterocycles. The van der Waals surface area contributed by atoms with Gasteiger partial charge < -0.3 is 11.5 Å². The number of aromatic amines is 1. The number of H-pyrrole nitrogens is 1. The second kappa shape index (κ2) is 8.58. The molecule has 1 aromatic carbocycles. The molecule has 2 unspecified atom stereocenters. The van der Waals surface area contributed by atoms with E-state index in [4.69, 9.17) is 21.4 Å². The SMILES string of the molecule is Cc1sc2c(C(N)C(N)Cc3ccccc3)nc(-c3ccncc3)nc2c1-c1ccn[nH]1. The van der Waals surface area contributed by atoms with Crippen LogP contribution in [0.3, 0.4) is 0 Å². The number of nitrogens with two attached hydrogens (primary N) is 2. The molecule has 2 atom stereocenters. The molecule has 0 aliphatic carbocycles. The van der Waals surface area contributed by atoms with Crippen LogP contribution in [0.5, 0.6) is 0 Å². The summed E-state index contributed by atoms with van der Waals surface area (Å²) < 4.78 is 0.959. The number of hydrogen-bond acceptors (Lipinski definition) is 7. The fourth-order valence-corrected chi connectivity index (χ4v) is 5.04. The standard InChI is InChI=1S/C24H23N7S/c1-14-19(18-9-12-28-31-18)21-23(32-14)22(30-24(29-21)16-7-10-27-11-8-16)20(26)17(25)13-15-5-3-2-4-6-15/h2-12,17,20H,13,25-26H2,1H3,(H,28,31). The highest BCUT2D eigenvalue weighted by Crippen LogP contribution is 2.40. The fourth-order valence-electron chi connectivity index (χ4n) is 3.89. The van der Waals surface area contributed by atoms with Crippen molar-refractivity contribution in [3.05, 3.63) is 83.3 Å². The summed E-state index contributed by atoms with van der Waals surface area (Å²) in [4.78, 5) is 15.1. The first kappa shape index (κ1) is 20.4. The Labute approximate surface area is 189 Å². The van der Waals surface area contributed by atoms with Crippen LogP contribution >= 0.6 is 11.3 Å². The van der Waals surface area contributed by atoms with Gasteiger partial charge in [-0.25, -0.2) is 9.97 Å². The van der Waals surface area contributed by atoms with Gasteiger partial charge in [0.05, 0.1) is 27.6 Å². The average molecular weight is 442 g/mol. The summed E-state index contributed by atoms with van der Waals surface area (Å²) in [5.41, 5.74) is 18.9. The molecule has 5 aromatic rings. The maximum absolute atomic E-state index is 6.74. The number of aryl methyl sites for hydroxylation is 1. The summed E-state index contributed by atoms with van der Waals surface area (Å²) >= 11 is 1.64. The smallest absolute Gasteiger partial charge is 0.160 e. The molecule has 0 bridgehead atoms. The Kier molecular flexibility index (Phi) is 5.48. The number of fused-ring (bicyclic) bond motifs is 1. The number of benzene rings is 1. The van der Waals surface area contributed by atoms with Gasteiger partial charge >= 0.3 is 0 Å². The summed E-state index contributed by atoms with van der Waals surface area (Å²) in [5.74, 6) is 0.607. The molecule has 160 valence electrons. The second-order valence-electron chi connectivity index (χ2n) is 7.73. The Morgan fingerprint density at radius 1 is 0.969 bits per heavy atom. The van der Waals surface area contributed by atoms with Gasteiger partial charge in [0, 0.05) is 40.6 Å². The van der Waals surface area contributed by atoms with Crippen LogP contribution in [0.25, 0.3) is 32.9 Å². The molecule has 0 aliphatic heterocycles. The molecule has 0 spiro atoms. The van der Waals surface area contributed by atoms with Crippen LogP contribution in [0.1, 0.15) is 22.2 Å². The van der Waals surface area contributed by atoms with Gasteiger partial charge in [0.15, 0.2) is 5.82 Å². The molecule has 4 heterocycles. The number of nitrogens with zero attached hydrogens (tertiary/aromatic N) is 4. The van der Waals surface area contributed by atoms with Gasteiger partial charge in [0.25, 0.3) is 0 Å². The third-order valence-corrected chi connectivity index (χ3v) is 6.65. The lowest BCUT2D eigenvalue weighted by Crippen LogP contribution is -2.36. The Balaban J connectivity index is 1.66. The number of pyridine rings is 1. The van der Waals surface area contributed by atoms with Crippen LogP contribution < -0.4 is 11.5 Å². The Hall–Kier alpha value is -3.46. The molecule has 7 nitrogen and oxygen atoms in total. The highest BCUT2D eigenvalue weighted by atomic mass is 32.1. The van der Waals surface area contributed by atoms with Crippen LogP contribution in [0.15, 0.2) is 67.1 Å². The van der Waals surface area contributed by atoms with Crippen molar-refractivity contribution in [1.82, 2.24) is 25.1 Å². The number of aromatic nitrogens is 5. The molecular weight excluding hydrogens is 418 g/mol. The van der Waals surface area contributed by atoms with Crippen molar-refractivity contribution in [3.8, 4) is 22.6 Å². The fraction of sp³-hybridized carbons (Fsp3) is 0.167. The van der Waals surface area contributed by atoms with E-state index in [-0.39, 0.29) is 6.04 Å². The minimum absolute atomic E-state index is 0.293. The maximum atomic E-state index is 6.74. The number of hydrogen-bond donors (Lipinski definition) is 3. The summed E-state index contributed by atoms with van der Waals surface area (Å²) in [6.45, 7) is 2.08. The molecule has 32 heavy (non-hydrogen) atoms. The number of rotatable bonds is 6.